The molecule has 0 aromatic heterocycles. The molecule has 18 heavy (non-hydrogen) atoms. The molecule has 0 radical (unpaired) electrons. The Balaban J connectivity index is -0.00000128. The molecule has 0 spiro atoms. The van der Waals surface area contributed by atoms with E-state index >= 15 is 0 Å². The molecule has 0 heterocycles. The van der Waals surface area contributed by atoms with Gasteiger partial charge < -0.3 is 11.2 Å². The van der Waals surface area contributed by atoms with Gasteiger partial charge in [0.1, 0.15) is 0 Å². The summed E-state index contributed by atoms with van der Waals surface area (Å²) in [6.07, 6.45) is 12.0. The molecule has 0 aromatic carbocycles. The van der Waals surface area contributed by atoms with Crippen molar-refractivity contribution >= 4 is 7.82 Å². The fraction of sp³-hybridized carbons (Fsp3) is 1.00. The van der Waals surface area contributed by atoms with E-state index in [2.05, 4.69) is 11.4 Å². The van der Waals surface area contributed by atoms with Crippen molar-refractivity contribution in [2.45, 2.75) is 71.1 Å². The van der Waals surface area contributed by atoms with Crippen molar-refractivity contribution in [3.63, 3.8) is 0 Å². The van der Waals surface area contributed by atoms with Crippen LogP contribution in [-0.4, -0.2) is 16.4 Å². The van der Waals surface area contributed by atoms with Gasteiger partial charge in [0.2, 0.25) is 0 Å². The number of phosphoric acid groups is 1. The van der Waals surface area contributed by atoms with E-state index in [0.717, 1.165) is 19.3 Å². The van der Waals surface area contributed by atoms with Crippen molar-refractivity contribution in [2.24, 2.45) is 0 Å². The number of phosphoric ester groups is 1. The van der Waals surface area contributed by atoms with E-state index in [4.69, 9.17) is 9.79 Å². The van der Waals surface area contributed by atoms with Crippen molar-refractivity contribution in [2.75, 3.05) is 6.61 Å². The van der Waals surface area contributed by atoms with E-state index in [0.29, 0.717) is 0 Å². The molecule has 0 aliphatic carbocycles. The molecule has 0 aliphatic heterocycles. The second-order valence-electron chi connectivity index (χ2n) is 4.51. The fourth-order valence-corrected chi connectivity index (χ4v) is 2.14. The normalized spacial score (nSPS) is 11.3. The van der Waals surface area contributed by atoms with Crippen LogP contribution < -0.4 is 18.9 Å². The van der Waals surface area contributed by atoms with Gasteiger partial charge in [-0.3, -0.25) is 4.52 Å². The summed E-state index contributed by atoms with van der Waals surface area (Å²) in [7, 11) is -4.24. The van der Waals surface area contributed by atoms with Crippen LogP contribution >= 0.6 is 7.82 Å². The van der Waals surface area contributed by atoms with Gasteiger partial charge in [-0.05, 0) is 6.42 Å². The summed E-state index contributed by atoms with van der Waals surface area (Å²) in [5.74, 6) is 0. The Labute approximate surface area is 125 Å². The Kier molecular flexibility index (Phi) is 16.5. The van der Waals surface area contributed by atoms with Crippen LogP contribution in [0.5, 0.6) is 0 Å². The average molecular weight is 274 g/mol. The smallest absolute Gasteiger partial charge is 1.00 e. The van der Waals surface area contributed by atoms with Crippen LogP contribution in [0.25, 0.3) is 0 Å². The molecule has 0 fully saturated rings. The summed E-state index contributed by atoms with van der Waals surface area (Å²) in [5, 5.41) is 0. The first kappa shape index (κ1) is 21.0. The molecule has 0 rings (SSSR count). The Morgan fingerprint density at radius 1 is 0.889 bits per heavy atom. The molecule has 106 valence electrons. The molecule has 2 N–H and O–H groups in total. The number of hydrogen-bond donors (Lipinski definition) is 2. The number of hydrogen-bond acceptors (Lipinski definition) is 2. The fourth-order valence-electron chi connectivity index (χ4n) is 1.77. The molecule has 0 atom stereocenters. The van der Waals surface area contributed by atoms with E-state index in [1.54, 1.807) is 0 Å². The molecule has 0 unspecified atom stereocenters. The molecular weight excluding hydrogens is 246 g/mol. The van der Waals surface area contributed by atoms with Crippen LogP contribution in [0.2, 0.25) is 0 Å². The summed E-state index contributed by atoms with van der Waals surface area (Å²) in [6.45, 7) is 2.39. The quantitative estimate of drug-likeness (QED) is 0.318. The van der Waals surface area contributed by atoms with E-state index < -0.39 is 7.82 Å². The summed E-state index contributed by atoms with van der Waals surface area (Å²) >= 11 is 0. The van der Waals surface area contributed by atoms with Gasteiger partial charge in [0.25, 0.3) is 0 Å². The van der Waals surface area contributed by atoms with Crippen molar-refractivity contribution in [3.05, 3.63) is 0 Å². The third-order valence-electron chi connectivity index (χ3n) is 2.76. The molecular formula is C12H28LiO4P. The summed E-state index contributed by atoms with van der Waals surface area (Å²) in [4.78, 5) is 16.9. The minimum Gasteiger partial charge on any atom is -1.00 e. The standard InChI is InChI=1S/C12H27O4P.Li.H/c1-2-3-4-5-6-7-8-9-10-11-12-16-17(13,14)15;;/h2-12H2,1H3,(H2,13,14,15);;/q;+1;-1. The topological polar surface area (TPSA) is 66.8 Å². The Bertz CT molecular complexity index is 214. The Morgan fingerprint density at radius 3 is 1.67 bits per heavy atom. The number of unbranched alkanes of at least 4 members (excludes halogenated alkanes) is 9. The van der Waals surface area contributed by atoms with Crippen LogP contribution in [0, 0.1) is 0 Å². The van der Waals surface area contributed by atoms with Gasteiger partial charge in [-0.1, -0.05) is 64.7 Å². The van der Waals surface area contributed by atoms with Gasteiger partial charge in [-0.25, -0.2) is 4.57 Å². The molecule has 0 amide bonds. The van der Waals surface area contributed by atoms with Crippen LogP contribution in [0.4, 0.5) is 0 Å². The Hall–Kier alpha value is 0.707. The van der Waals surface area contributed by atoms with Gasteiger partial charge in [-0.2, -0.15) is 0 Å². The molecule has 0 aromatic rings. The zero-order valence-corrected chi connectivity index (χ0v) is 12.8. The largest absolute Gasteiger partial charge is 1.00 e. The maximum Gasteiger partial charge on any atom is 1.00 e. The zero-order valence-electron chi connectivity index (χ0n) is 12.9. The van der Waals surface area contributed by atoms with Crippen LogP contribution in [0.3, 0.4) is 0 Å². The van der Waals surface area contributed by atoms with E-state index in [9.17, 15) is 4.57 Å². The van der Waals surface area contributed by atoms with Gasteiger partial charge in [0.05, 0.1) is 6.61 Å². The van der Waals surface area contributed by atoms with Crippen LogP contribution in [0.15, 0.2) is 0 Å². The molecule has 0 aliphatic rings. The van der Waals surface area contributed by atoms with Crippen LogP contribution in [0.1, 0.15) is 72.6 Å². The van der Waals surface area contributed by atoms with E-state index in [-0.39, 0.29) is 26.9 Å². The first-order chi connectivity index (χ1) is 8.06. The van der Waals surface area contributed by atoms with Crippen molar-refractivity contribution in [1.82, 2.24) is 0 Å². The monoisotopic (exact) mass is 274 g/mol. The SMILES string of the molecule is CCCCCCCCCCCCOP(=O)(O)O.[H-].[Li+]. The molecule has 4 nitrogen and oxygen atoms in total. The van der Waals surface area contributed by atoms with Crippen molar-refractivity contribution in [1.29, 1.82) is 0 Å². The predicted molar refractivity (Wildman–Crippen MR) is 71.0 cm³/mol. The molecule has 0 bridgehead atoms. The second kappa shape index (κ2) is 14.1. The minimum absolute atomic E-state index is 0. The maximum atomic E-state index is 10.4. The first-order valence-corrected chi connectivity index (χ1v) is 8.29. The van der Waals surface area contributed by atoms with Gasteiger partial charge in [0.15, 0.2) is 0 Å². The summed E-state index contributed by atoms with van der Waals surface area (Å²) < 4.78 is 14.7. The summed E-state index contributed by atoms with van der Waals surface area (Å²) in [6, 6.07) is 0. The third kappa shape index (κ3) is 19.1. The summed E-state index contributed by atoms with van der Waals surface area (Å²) in [5.41, 5.74) is 0. The van der Waals surface area contributed by atoms with Crippen LogP contribution in [-0.2, 0) is 9.09 Å². The van der Waals surface area contributed by atoms with Gasteiger partial charge in [-0.15, -0.1) is 0 Å². The zero-order chi connectivity index (χ0) is 13.0. The molecule has 0 saturated heterocycles. The predicted octanol–water partition coefficient (Wildman–Crippen LogP) is 1.13. The van der Waals surface area contributed by atoms with Gasteiger partial charge >= 0.3 is 26.7 Å². The molecule has 6 heteroatoms. The first-order valence-electron chi connectivity index (χ1n) is 6.76. The van der Waals surface area contributed by atoms with Gasteiger partial charge in [0, 0.05) is 0 Å². The Morgan fingerprint density at radius 2 is 1.28 bits per heavy atom. The van der Waals surface area contributed by atoms with Crippen molar-refractivity contribution < 1.29 is 39.2 Å². The minimum atomic E-state index is -4.24. The van der Waals surface area contributed by atoms with Crippen molar-refractivity contribution in [3.8, 4) is 0 Å². The number of rotatable bonds is 12. The van der Waals surface area contributed by atoms with E-state index in [1.807, 2.05) is 0 Å². The average Bonchev–Trinajstić information content (AvgIpc) is 2.24. The van der Waals surface area contributed by atoms with E-state index in [1.165, 1.54) is 44.9 Å². The second-order valence-corrected chi connectivity index (χ2v) is 5.75. The third-order valence-corrected chi connectivity index (χ3v) is 3.28. The molecule has 0 saturated carbocycles. The maximum absolute atomic E-state index is 10.4.